The molecule has 7 heteroatoms. The predicted octanol–water partition coefficient (Wildman–Crippen LogP) is 3.54. The molecule has 1 saturated heterocycles. The summed E-state index contributed by atoms with van der Waals surface area (Å²) in [5.74, 6) is 0.872. The van der Waals surface area contributed by atoms with E-state index in [0.29, 0.717) is 19.6 Å². The van der Waals surface area contributed by atoms with Crippen molar-refractivity contribution in [2.24, 2.45) is 11.0 Å². The van der Waals surface area contributed by atoms with E-state index in [4.69, 9.17) is 14.7 Å². The van der Waals surface area contributed by atoms with Gasteiger partial charge >= 0.3 is 6.09 Å². The second-order valence-corrected chi connectivity index (χ2v) is 6.18. The molecule has 0 aromatic carbocycles. The van der Waals surface area contributed by atoms with E-state index in [1.54, 1.807) is 11.2 Å². The normalized spacial score (nSPS) is 22.0. The van der Waals surface area contributed by atoms with Crippen LogP contribution in [-0.2, 0) is 4.74 Å². The molecule has 2 rings (SSSR count). The molecule has 0 saturated carbocycles. The van der Waals surface area contributed by atoms with Crippen LogP contribution < -0.4 is 0 Å². The number of carbonyl (C=O) groups is 1. The first-order chi connectivity index (χ1) is 9.90. The third-order valence-electron chi connectivity index (χ3n) is 3.38. The Hall–Kier alpha value is -2.14. The van der Waals surface area contributed by atoms with Gasteiger partial charge in [0.1, 0.15) is 11.4 Å². The molecule has 1 aromatic rings. The van der Waals surface area contributed by atoms with E-state index in [-0.39, 0.29) is 17.9 Å². The predicted molar refractivity (Wildman–Crippen MR) is 76.8 cm³/mol. The Bertz CT molecular complexity index is 529. The third kappa shape index (κ3) is 3.92. The molecule has 1 fully saturated rings. The maximum Gasteiger partial charge on any atom is 0.410 e. The van der Waals surface area contributed by atoms with Crippen LogP contribution in [0.3, 0.4) is 0 Å². The highest BCUT2D eigenvalue weighted by molar-refractivity contribution is 5.68. The Morgan fingerprint density at radius 3 is 2.90 bits per heavy atom. The number of nitrogens with zero attached hydrogens (tertiary/aromatic N) is 4. The zero-order chi connectivity index (χ0) is 15.5. The van der Waals surface area contributed by atoms with Gasteiger partial charge in [-0.2, -0.15) is 0 Å². The minimum atomic E-state index is -0.528. The fourth-order valence-corrected chi connectivity index (χ4v) is 2.50. The number of hydrogen-bond donors (Lipinski definition) is 0. The second-order valence-electron chi connectivity index (χ2n) is 6.18. The number of azide groups is 1. The van der Waals surface area contributed by atoms with Gasteiger partial charge in [-0.3, -0.25) is 0 Å². The fraction of sp³-hybridized carbons (Fsp3) is 0.643. The van der Waals surface area contributed by atoms with Gasteiger partial charge in [-0.05, 0) is 44.4 Å². The van der Waals surface area contributed by atoms with Crippen LogP contribution in [0.15, 0.2) is 27.9 Å². The molecule has 0 bridgehead atoms. The maximum atomic E-state index is 12.2. The van der Waals surface area contributed by atoms with E-state index in [2.05, 4.69) is 10.0 Å². The zero-order valence-corrected chi connectivity index (χ0v) is 12.5. The van der Waals surface area contributed by atoms with E-state index in [0.717, 1.165) is 5.76 Å². The molecule has 1 aliphatic heterocycles. The van der Waals surface area contributed by atoms with Crippen molar-refractivity contribution >= 4 is 6.09 Å². The molecular weight excluding hydrogens is 272 g/mol. The van der Waals surface area contributed by atoms with Crippen LogP contribution in [0.2, 0.25) is 0 Å². The zero-order valence-electron chi connectivity index (χ0n) is 12.5. The summed E-state index contributed by atoms with van der Waals surface area (Å²) in [6.07, 6.45) is 1.26. The number of likely N-dealkylation sites (tertiary alicyclic amines) is 1. The van der Waals surface area contributed by atoms with Gasteiger partial charge in [0.2, 0.25) is 0 Å². The van der Waals surface area contributed by atoms with E-state index in [9.17, 15) is 4.79 Å². The summed E-state index contributed by atoms with van der Waals surface area (Å²) in [6, 6.07) is 3.70. The highest BCUT2D eigenvalue weighted by atomic mass is 16.6. The molecule has 2 atom stereocenters. The molecule has 0 spiro atoms. The summed E-state index contributed by atoms with van der Waals surface area (Å²) in [6.45, 7) is 6.85. The lowest BCUT2D eigenvalue weighted by Crippen LogP contribution is -2.35. The van der Waals surface area contributed by atoms with E-state index in [1.807, 2.05) is 32.9 Å². The first-order valence-electron chi connectivity index (χ1n) is 6.93. The van der Waals surface area contributed by atoms with Gasteiger partial charge in [-0.1, -0.05) is 5.11 Å². The summed E-state index contributed by atoms with van der Waals surface area (Å²) in [7, 11) is 0. The summed E-state index contributed by atoms with van der Waals surface area (Å²) in [5.41, 5.74) is 7.97. The molecule has 1 amide bonds. The highest BCUT2D eigenvalue weighted by Crippen LogP contribution is 2.34. The minimum Gasteiger partial charge on any atom is -0.469 e. The smallest absolute Gasteiger partial charge is 0.410 e. The van der Waals surface area contributed by atoms with Gasteiger partial charge in [0.25, 0.3) is 0 Å². The molecule has 21 heavy (non-hydrogen) atoms. The number of furan rings is 1. The van der Waals surface area contributed by atoms with Crippen LogP contribution in [0.5, 0.6) is 0 Å². The topological polar surface area (TPSA) is 91.4 Å². The molecular formula is C14H20N4O3. The van der Waals surface area contributed by atoms with Gasteiger partial charge in [0, 0.05) is 30.5 Å². The summed E-state index contributed by atoms with van der Waals surface area (Å²) < 4.78 is 10.8. The number of carbonyl (C=O) groups excluding carboxylic acids is 1. The third-order valence-corrected chi connectivity index (χ3v) is 3.38. The Morgan fingerprint density at radius 1 is 1.57 bits per heavy atom. The van der Waals surface area contributed by atoms with Crippen molar-refractivity contribution in [2.75, 3.05) is 19.6 Å². The van der Waals surface area contributed by atoms with Gasteiger partial charge in [-0.25, -0.2) is 4.79 Å². The maximum absolute atomic E-state index is 12.2. The lowest BCUT2D eigenvalue weighted by Gasteiger charge is -2.24. The molecule has 1 aromatic heterocycles. The standard InChI is InChI=1S/C14H20N4O3/c1-14(2,3)21-13(19)18-8-10(7-16-17-15)11(9-18)12-5-4-6-20-12/h4-6,10-11H,7-9H2,1-3H3. The average molecular weight is 292 g/mol. The first kappa shape index (κ1) is 15.3. The van der Waals surface area contributed by atoms with E-state index in [1.165, 1.54) is 0 Å². The highest BCUT2D eigenvalue weighted by Gasteiger charge is 2.38. The molecule has 0 aliphatic carbocycles. The Balaban J connectivity index is 2.10. The quantitative estimate of drug-likeness (QED) is 0.484. The molecule has 1 aliphatic rings. The summed E-state index contributed by atoms with van der Waals surface area (Å²) in [5, 5.41) is 3.64. The van der Waals surface area contributed by atoms with Gasteiger partial charge < -0.3 is 14.1 Å². The van der Waals surface area contributed by atoms with Crippen molar-refractivity contribution in [3.63, 3.8) is 0 Å². The van der Waals surface area contributed by atoms with Crippen molar-refractivity contribution < 1.29 is 13.9 Å². The average Bonchev–Trinajstić information content (AvgIpc) is 3.03. The van der Waals surface area contributed by atoms with Crippen molar-refractivity contribution in [3.05, 3.63) is 34.6 Å². The van der Waals surface area contributed by atoms with Crippen molar-refractivity contribution in [1.29, 1.82) is 0 Å². The summed E-state index contributed by atoms with van der Waals surface area (Å²) >= 11 is 0. The molecule has 0 radical (unpaired) electrons. The molecule has 2 unspecified atom stereocenters. The Morgan fingerprint density at radius 2 is 2.33 bits per heavy atom. The van der Waals surface area contributed by atoms with Crippen LogP contribution in [0, 0.1) is 5.92 Å². The van der Waals surface area contributed by atoms with Crippen LogP contribution in [0.1, 0.15) is 32.4 Å². The van der Waals surface area contributed by atoms with Gasteiger partial charge in [0.15, 0.2) is 0 Å². The van der Waals surface area contributed by atoms with Gasteiger partial charge in [0.05, 0.1) is 6.26 Å². The van der Waals surface area contributed by atoms with Crippen LogP contribution in [-0.4, -0.2) is 36.2 Å². The Labute approximate surface area is 123 Å². The number of ether oxygens (including phenoxy) is 1. The largest absolute Gasteiger partial charge is 0.469 e. The molecule has 114 valence electrons. The first-order valence-corrected chi connectivity index (χ1v) is 6.93. The Kier molecular flexibility index (Phi) is 4.43. The number of rotatable bonds is 3. The van der Waals surface area contributed by atoms with E-state index < -0.39 is 5.60 Å². The van der Waals surface area contributed by atoms with Crippen molar-refractivity contribution in [3.8, 4) is 0 Å². The van der Waals surface area contributed by atoms with Crippen LogP contribution in [0.25, 0.3) is 10.4 Å². The summed E-state index contributed by atoms with van der Waals surface area (Å²) in [4.78, 5) is 16.6. The van der Waals surface area contributed by atoms with Crippen LogP contribution >= 0.6 is 0 Å². The number of hydrogen-bond acceptors (Lipinski definition) is 4. The second kappa shape index (κ2) is 6.10. The monoisotopic (exact) mass is 292 g/mol. The minimum absolute atomic E-state index is 0.0259. The lowest BCUT2D eigenvalue weighted by atomic mass is 9.94. The van der Waals surface area contributed by atoms with Crippen LogP contribution in [0.4, 0.5) is 4.79 Å². The van der Waals surface area contributed by atoms with E-state index >= 15 is 0 Å². The molecule has 7 nitrogen and oxygen atoms in total. The van der Waals surface area contributed by atoms with Gasteiger partial charge in [-0.15, -0.1) is 0 Å². The lowest BCUT2D eigenvalue weighted by molar-refractivity contribution is 0.0287. The molecule has 0 N–H and O–H groups in total. The molecule has 2 heterocycles. The SMILES string of the molecule is CC(C)(C)OC(=O)N1CC(CN=[N+]=[N-])C(c2ccco2)C1. The van der Waals surface area contributed by atoms with Crippen molar-refractivity contribution in [2.45, 2.75) is 32.3 Å². The number of amides is 1. The fourth-order valence-electron chi connectivity index (χ4n) is 2.50. The van der Waals surface area contributed by atoms with Crippen molar-refractivity contribution in [1.82, 2.24) is 4.90 Å².